The summed E-state index contributed by atoms with van der Waals surface area (Å²) in [6, 6.07) is 24.7. The van der Waals surface area contributed by atoms with E-state index in [2.05, 4.69) is 0 Å². The van der Waals surface area contributed by atoms with Gasteiger partial charge in [0, 0.05) is 6.42 Å². The third kappa shape index (κ3) is 3.46. The number of nitrogens with zero attached hydrogens (tertiary/aromatic N) is 4. The Balaban J connectivity index is 1.72. The molecular weight excluding hydrogens is 418 g/mol. The largest absolute Gasteiger partial charge is 0.375 e. The van der Waals surface area contributed by atoms with Crippen molar-refractivity contribution in [3.05, 3.63) is 106 Å². The molecule has 1 aliphatic heterocycles. The first-order valence-corrected chi connectivity index (χ1v) is 10.7. The van der Waals surface area contributed by atoms with E-state index < -0.39 is 6.04 Å². The molecule has 4 aromatic rings. The number of hydrogen-bond acceptors (Lipinski definition) is 4. The van der Waals surface area contributed by atoms with Crippen LogP contribution in [-0.2, 0) is 0 Å². The highest BCUT2D eigenvalue weighted by molar-refractivity contribution is 7.80. The zero-order valence-corrected chi connectivity index (χ0v) is 18.3. The molecule has 32 heavy (non-hydrogen) atoms. The number of rotatable bonds is 3. The van der Waals surface area contributed by atoms with E-state index in [1.54, 1.807) is 15.6 Å². The number of benzene rings is 3. The van der Waals surface area contributed by atoms with E-state index in [1.165, 1.54) is 0 Å². The van der Waals surface area contributed by atoms with E-state index in [9.17, 15) is 4.79 Å². The van der Waals surface area contributed by atoms with E-state index in [1.807, 2.05) is 79.7 Å². The van der Waals surface area contributed by atoms with Crippen molar-refractivity contribution in [2.45, 2.75) is 19.4 Å². The average Bonchev–Trinajstić information content (AvgIpc) is 3.26. The van der Waals surface area contributed by atoms with Gasteiger partial charge in [0.05, 0.1) is 22.3 Å². The van der Waals surface area contributed by atoms with E-state index in [0.717, 1.165) is 22.5 Å². The first kappa shape index (κ1) is 20.1. The molecule has 0 bridgehead atoms. The average molecular weight is 440 g/mol. The molecule has 5 rings (SSSR count). The molecule has 6 nitrogen and oxygen atoms in total. The molecule has 2 heterocycles. The fourth-order valence-electron chi connectivity index (χ4n) is 4.04. The molecule has 0 aliphatic carbocycles. The maximum absolute atomic E-state index is 13.6. The molecule has 0 saturated heterocycles. The quantitative estimate of drug-likeness (QED) is 0.487. The molecule has 1 unspecified atom stereocenters. The molecule has 0 radical (unpaired) electrons. The zero-order chi connectivity index (χ0) is 22.2. The molecular formula is C25H21N5OS. The Morgan fingerprint density at radius 2 is 1.69 bits per heavy atom. The van der Waals surface area contributed by atoms with Crippen LogP contribution in [0, 0.1) is 6.92 Å². The zero-order valence-electron chi connectivity index (χ0n) is 17.5. The molecule has 3 aromatic carbocycles. The van der Waals surface area contributed by atoms with E-state index in [0.29, 0.717) is 23.1 Å². The molecule has 0 saturated carbocycles. The summed E-state index contributed by atoms with van der Waals surface area (Å²) in [5.74, 6) is 0.556. The van der Waals surface area contributed by atoms with Gasteiger partial charge in [-0.25, -0.2) is 9.99 Å². The molecule has 1 aromatic heterocycles. The van der Waals surface area contributed by atoms with Crippen molar-refractivity contribution in [1.82, 2.24) is 14.6 Å². The van der Waals surface area contributed by atoms with Crippen LogP contribution in [-0.4, -0.2) is 25.4 Å². The van der Waals surface area contributed by atoms with Crippen molar-refractivity contribution >= 4 is 33.9 Å². The maximum Gasteiger partial charge on any atom is 0.266 e. The van der Waals surface area contributed by atoms with Crippen molar-refractivity contribution in [2.24, 2.45) is 10.8 Å². The Hall–Kier alpha value is -3.84. The lowest BCUT2D eigenvalue weighted by atomic mass is 10.0. The Kier molecular flexibility index (Phi) is 5.03. The van der Waals surface area contributed by atoms with Gasteiger partial charge in [0.1, 0.15) is 11.9 Å². The first-order chi connectivity index (χ1) is 15.5. The van der Waals surface area contributed by atoms with E-state index >= 15 is 0 Å². The molecule has 1 atom stereocenters. The smallest absolute Gasteiger partial charge is 0.266 e. The fraction of sp³-hybridized carbons (Fsp3) is 0.120. The van der Waals surface area contributed by atoms with E-state index in [-0.39, 0.29) is 10.7 Å². The summed E-state index contributed by atoms with van der Waals surface area (Å²) in [6.07, 6.45) is 0.526. The summed E-state index contributed by atoms with van der Waals surface area (Å²) >= 11 is 5.32. The number of hydrogen-bond donors (Lipinski definition) is 1. The lowest BCUT2D eigenvalue weighted by molar-refractivity contribution is 0.352. The van der Waals surface area contributed by atoms with Gasteiger partial charge >= 0.3 is 0 Å². The van der Waals surface area contributed by atoms with Crippen LogP contribution in [0.15, 0.2) is 88.8 Å². The third-order valence-corrected chi connectivity index (χ3v) is 5.82. The highest BCUT2D eigenvalue weighted by Crippen LogP contribution is 2.33. The van der Waals surface area contributed by atoms with Gasteiger partial charge in [-0.1, -0.05) is 60.2 Å². The Morgan fingerprint density at radius 1 is 1.00 bits per heavy atom. The summed E-state index contributed by atoms with van der Waals surface area (Å²) in [5, 5.41) is 6.99. The minimum absolute atomic E-state index is 0.134. The van der Waals surface area contributed by atoms with Crippen molar-refractivity contribution in [2.75, 3.05) is 0 Å². The minimum Gasteiger partial charge on any atom is -0.375 e. The second kappa shape index (κ2) is 8.01. The summed E-state index contributed by atoms with van der Waals surface area (Å²) in [5.41, 5.74) is 10.2. The SMILES string of the molecule is Cc1ccc(-n2c(C3CC(c4ccccc4)=NN3C(N)=S)nc3ccccc3c2=O)cc1. The summed E-state index contributed by atoms with van der Waals surface area (Å²) in [4.78, 5) is 18.5. The number of nitrogens with two attached hydrogens (primary N) is 1. The molecule has 0 spiro atoms. The van der Waals surface area contributed by atoms with Gasteiger partial charge in [-0.05, 0) is 49.0 Å². The fourth-order valence-corrected chi connectivity index (χ4v) is 4.20. The van der Waals surface area contributed by atoms with Crippen LogP contribution >= 0.6 is 12.2 Å². The molecule has 7 heteroatoms. The van der Waals surface area contributed by atoms with Crippen molar-refractivity contribution in [3.63, 3.8) is 0 Å². The predicted molar refractivity (Wildman–Crippen MR) is 131 cm³/mol. The molecule has 2 N–H and O–H groups in total. The predicted octanol–water partition coefficient (Wildman–Crippen LogP) is 4.09. The number of aromatic nitrogens is 2. The van der Waals surface area contributed by atoms with E-state index in [4.69, 9.17) is 28.0 Å². The van der Waals surface area contributed by atoms with Crippen LogP contribution in [0.5, 0.6) is 0 Å². The van der Waals surface area contributed by atoms with Crippen LogP contribution in [0.2, 0.25) is 0 Å². The van der Waals surface area contributed by atoms with Crippen LogP contribution in [0.4, 0.5) is 0 Å². The number of para-hydroxylation sites is 1. The monoisotopic (exact) mass is 439 g/mol. The van der Waals surface area contributed by atoms with Gasteiger partial charge in [0.15, 0.2) is 5.11 Å². The first-order valence-electron chi connectivity index (χ1n) is 10.3. The molecule has 0 fully saturated rings. The standard InChI is InChI=1S/C25H21N5OS/c1-16-11-13-18(14-12-16)29-23(27-20-10-6-5-9-19(20)24(29)31)22-15-21(28-30(22)25(26)32)17-7-3-2-4-8-17/h2-14,22H,15H2,1H3,(H2,26,32). The number of fused-ring (bicyclic) bond motifs is 1. The Bertz CT molecular complexity index is 1410. The van der Waals surface area contributed by atoms with Crippen molar-refractivity contribution < 1.29 is 0 Å². The van der Waals surface area contributed by atoms with Crippen LogP contribution in [0.3, 0.4) is 0 Å². The third-order valence-electron chi connectivity index (χ3n) is 5.64. The number of thiocarbonyl (C=S) groups is 1. The number of hydrazone groups is 1. The van der Waals surface area contributed by atoms with Gasteiger partial charge < -0.3 is 5.73 Å². The molecule has 1 aliphatic rings. The normalized spacial score (nSPS) is 15.7. The lowest BCUT2D eigenvalue weighted by Gasteiger charge is -2.24. The second-order valence-corrected chi connectivity index (χ2v) is 8.20. The van der Waals surface area contributed by atoms with Gasteiger partial charge in [-0.3, -0.25) is 9.36 Å². The van der Waals surface area contributed by atoms with Crippen LogP contribution in [0.1, 0.15) is 29.4 Å². The Morgan fingerprint density at radius 3 is 2.41 bits per heavy atom. The van der Waals surface area contributed by atoms with Gasteiger partial charge in [-0.2, -0.15) is 5.10 Å². The van der Waals surface area contributed by atoms with Crippen molar-refractivity contribution in [1.29, 1.82) is 0 Å². The topological polar surface area (TPSA) is 76.5 Å². The summed E-state index contributed by atoms with van der Waals surface area (Å²) in [6.45, 7) is 2.01. The summed E-state index contributed by atoms with van der Waals surface area (Å²) < 4.78 is 1.65. The second-order valence-electron chi connectivity index (χ2n) is 7.78. The number of aryl methyl sites for hydroxylation is 1. The maximum atomic E-state index is 13.6. The van der Waals surface area contributed by atoms with Gasteiger partial charge in [0.2, 0.25) is 0 Å². The van der Waals surface area contributed by atoms with Crippen LogP contribution < -0.4 is 11.3 Å². The molecule has 158 valence electrons. The Labute approximate surface area is 190 Å². The van der Waals surface area contributed by atoms with Crippen LogP contribution in [0.25, 0.3) is 16.6 Å². The highest BCUT2D eigenvalue weighted by Gasteiger charge is 2.34. The van der Waals surface area contributed by atoms with Gasteiger partial charge in [-0.15, -0.1) is 0 Å². The molecule has 0 amide bonds. The summed E-state index contributed by atoms with van der Waals surface area (Å²) in [7, 11) is 0. The van der Waals surface area contributed by atoms with Gasteiger partial charge in [0.25, 0.3) is 5.56 Å². The van der Waals surface area contributed by atoms with Crippen molar-refractivity contribution in [3.8, 4) is 5.69 Å². The highest BCUT2D eigenvalue weighted by atomic mass is 32.1. The lowest BCUT2D eigenvalue weighted by Crippen LogP contribution is -2.36. The minimum atomic E-state index is -0.402.